The van der Waals surface area contributed by atoms with E-state index in [9.17, 15) is 9.59 Å². The van der Waals surface area contributed by atoms with Crippen LogP contribution in [-0.2, 0) is 19.1 Å². The number of aromatic nitrogens is 3. The molecule has 0 bridgehead atoms. The Balaban J connectivity index is 2.01. The smallest absolute Gasteiger partial charge is 0.338 e. The Labute approximate surface area is 178 Å². The molecule has 1 unspecified atom stereocenters. The van der Waals surface area contributed by atoms with Gasteiger partial charge in [0.25, 0.3) is 0 Å². The van der Waals surface area contributed by atoms with E-state index in [2.05, 4.69) is 20.1 Å². The number of hydrogen-bond donors (Lipinski definition) is 1. The molecule has 2 heterocycles. The number of allylic oxidation sites excluding steroid dienone is 1. The van der Waals surface area contributed by atoms with Crippen LogP contribution in [0.5, 0.6) is 5.75 Å². The second-order valence-electron chi connectivity index (χ2n) is 6.32. The van der Waals surface area contributed by atoms with E-state index in [0.29, 0.717) is 29.0 Å². The van der Waals surface area contributed by atoms with Gasteiger partial charge >= 0.3 is 11.9 Å². The molecular weight excluding hydrogens is 408 g/mol. The third-order valence-corrected chi connectivity index (χ3v) is 5.19. The van der Waals surface area contributed by atoms with Gasteiger partial charge < -0.3 is 19.5 Å². The average Bonchev–Trinajstić information content (AvgIpc) is 3.14. The van der Waals surface area contributed by atoms with Crippen molar-refractivity contribution in [3.8, 4) is 5.75 Å². The van der Waals surface area contributed by atoms with Crippen LogP contribution in [0.15, 0.2) is 40.7 Å². The van der Waals surface area contributed by atoms with Gasteiger partial charge in [-0.3, -0.25) is 4.79 Å². The second kappa shape index (κ2) is 9.66. The van der Waals surface area contributed by atoms with Crippen LogP contribution < -0.4 is 10.1 Å². The highest BCUT2D eigenvalue weighted by molar-refractivity contribution is 7.99. The van der Waals surface area contributed by atoms with Gasteiger partial charge in [0.15, 0.2) is 0 Å². The van der Waals surface area contributed by atoms with Gasteiger partial charge in [-0.2, -0.15) is 4.98 Å². The van der Waals surface area contributed by atoms with E-state index < -0.39 is 12.0 Å². The van der Waals surface area contributed by atoms with Crippen LogP contribution in [0.1, 0.15) is 32.4 Å². The van der Waals surface area contributed by atoms with Gasteiger partial charge in [0.2, 0.25) is 11.1 Å². The van der Waals surface area contributed by atoms with Gasteiger partial charge in [0.1, 0.15) is 11.8 Å². The van der Waals surface area contributed by atoms with E-state index in [1.807, 2.05) is 31.2 Å². The van der Waals surface area contributed by atoms with Crippen molar-refractivity contribution < 1.29 is 23.8 Å². The van der Waals surface area contributed by atoms with E-state index in [4.69, 9.17) is 9.47 Å². The lowest BCUT2D eigenvalue weighted by atomic mass is 9.96. The van der Waals surface area contributed by atoms with Crippen molar-refractivity contribution in [3.05, 3.63) is 41.1 Å². The number of hydrogen-bond acceptors (Lipinski definition) is 9. The van der Waals surface area contributed by atoms with Crippen molar-refractivity contribution in [2.75, 3.05) is 31.4 Å². The zero-order valence-corrected chi connectivity index (χ0v) is 18.1. The fraction of sp³-hybridized carbons (Fsp3) is 0.400. The van der Waals surface area contributed by atoms with E-state index in [0.717, 1.165) is 23.1 Å². The predicted molar refractivity (Wildman–Crippen MR) is 111 cm³/mol. The quantitative estimate of drug-likeness (QED) is 0.498. The molecule has 1 aromatic heterocycles. The van der Waals surface area contributed by atoms with Crippen LogP contribution >= 0.6 is 11.8 Å². The number of methoxy groups -OCH3 is 1. The summed E-state index contributed by atoms with van der Waals surface area (Å²) in [5.74, 6) is 0.510. The van der Waals surface area contributed by atoms with Gasteiger partial charge in [-0.15, -0.1) is 5.10 Å². The lowest BCUT2D eigenvalue weighted by Gasteiger charge is -2.28. The fourth-order valence-electron chi connectivity index (χ4n) is 3.07. The maximum Gasteiger partial charge on any atom is 0.338 e. The van der Waals surface area contributed by atoms with E-state index in [-0.39, 0.29) is 18.3 Å². The Bertz CT molecular complexity index is 955. The second-order valence-corrected chi connectivity index (χ2v) is 7.26. The highest BCUT2D eigenvalue weighted by Crippen LogP contribution is 2.37. The first kappa shape index (κ1) is 21.7. The molecule has 0 radical (unpaired) electrons. The van der Waals surface area contributed by atoms with Gasteiger partial charge in [-0.1, -0.05) is 23.9 Å². The number of nitrogens with one attached hydrogen (secondary N) is 1. The third-order valence-electron chi connectivity index (χ3n) is 4.38. The van der Waals surface area contributed by atoms with E-state index in [1.165, 1.54) is 7.11 Å². The molecule has 9 nitrogen and oxygen atoms in total. The largest absolute Gasteiger partial charge is 0.494 e. The molecule has 1 aromatic carbocycles. The standard InChI is InChI=1S/C20H24N4O5S/c1-5-28-14-9-7-13(8-10-14)17-16(18(26)29-6-2)12(3)21-19-22-20(23-24(17)19)30-11-15(25)27-4/h7-10,17H,5-6,11H2,1-4H3,(H,21,22,23). The summed E-state index contributed by atoms with van der Waals surface area (Å²) in [7, 11) is 1.33. The first-order valence-electron chi connectivity index (χ1n) is 9.52. The monoisotopic (exact) mass is 432 g/mol. The highest BCUT2D eigenvalue weighted by atomic mass is 32.2. The average molecular weight is 433 g/mol. The van der Waals surface area contributed by atoms with Crippen LogP contribution in [0.4, 0.5) is 5.95 Å². The normalized spacial score (nSPS) is 15.3. The van der Waals surface area contributed by atoms with Crippen LogP contribution in [0.3, 0.4) is 0 Å². The summed E-state index contributed by atoms with van der Waals surface area (Å²) in [6, 6.07) is 6.95. The minimum absolute atomic E-state index is 0.0881. The molecule has 0 aliphatic carbocycles. The zero-order valence-electron chi connectivity index (χ0n) is 17.3. The molecule has 0 fully saturated rings. The number of carbonyl (C=O) groups is 2. The summed E-state index contributed by atoms with van der Waals surface area (Å²) in [4.78, 5) is 28.7. The maximum absolute atomic E-state index is 12.8. The first-order chi connectivity index (χ1) is 14.5. The summed E-state index contributed by atoms with van der Waals surface area (Å²) in [5, 5.41) is 8.04. The minimum Gasteiger partial charge on any atom is -0.494 e. The summed E-state index contributed by atoms with van der Waals surface area (Å²) < 4.78 is 17.1. The summed E-state index contributed by atoms with van der Waals surface area (Å²) in [6.45, 7) is 6.30. The Morgan fingerprint density at radius 2 is 1.93 bits per heavy atom. The molecule has 160 valence electrons. The summed E-state index contributed by atoms with van der Waals surface area (Å²) in [5.41, 5.74) is 1.91. The Kier molecular flexibility index (Phi) is 6.99. The van der Waals surface area contributed by atoms with Crippen molar-refractivity contribution in [3.63, 3.8) is 0 Å². The number of ether oxygens (including phenoxy) is 3. The third kappa shape index (κ3) is 4.59. The fourth-order valence-corrected chi connectivity index (χ4v) is 3.73. The van der Waals surface area contributed by atoms with Crippen molar-refractivity contribution >= 4 is 29.6 Å². The molecule has 30 heavy (non-hydrogen) atoms. The highest BCUT2D eigenvalue weighted by Gasteiger charge is 2.35. The van der Waals surface area contributed by atoms with Gasteiger partial charge in [0.05, 0.1) is 31.6 Å². The van der Waals surface area contributed by atoms with E-state index >= 15 is 0 Å². The SMILES string of the molecule is CCOC(=O)C1=C(C)Nc2nc(SCC(=O)OC)nn2C1c1ccc(OCC)cc1. The molecule has 1 aliphatic heterocycles. The molecule has 10 heteroatoms. The topological polar surface area (TPSA) is 105 Å². The number of carbonyl (C=O) groups excluding carboxylic acids is 2. The molecule has 0 saturated heterocycles. The molecule has 0 spiro atoms. The minimum atomic E-state index is -0.532. The molecule has 0 saturated carbocycles. The number of esters is 2. The molecule has 3 rings (SSSR count). The number of thioether (sulfide) groups is 1. The van der Waals surface area contributed by atoms with E-state index in [1.54, 1.807) is 18.5 Å². The predicted octanol–water partition coefficient (Wildman–Crippen LogP) is 2.79. The van der Waals surface area contributed by atoms with Crippen LogP contribution in [0.2, 0.25) is 0 Å². The molecule has 1 aliphatic rings. The van der Waals surface area contributed by atoms with Crippen molar-refractivity contribution in [2.24, 2.45) is 0 Å². The number of nitrogens with zero attached hydrogens (tertiary/aromatic N) is 3. The molecule has 0 amide bonds. The number of benzene rings is 1. The van der Waals surface area contributed by atoms with Gasteiger partial charge in [-0.05, 0) is 38.5 Å². The van der Waals surface area contributed by atoms with Crippen molar-refractivity contribution in [1.82, 2.24) is 14.8 Å². The number of fused-ring (bicyclic) bond motifs is 1. The van der Waals surface area contributed by atoms with Gasteiger partial charge in [-0.25, -0.2) is 9.48 Å². The molecule has 2 aromatic rings. The Hall–Kier alpha value is -3.01. The molecular formula is C20H24N4O5S. The van der Waals surface area contributed by atoms with Crippen LogP contribution in [0.25, 0.3) is 0 Å². The Morgan fingerprint density at radius 3 is 2.57 bits per heavy atom. The lowest BCUT2D eigenvalue weighted by molar-refractivity contribution is -0.139. The number of rotatable bonds is 8. The molecule has 1 N–H and O–H groups in total. The lowest BCUT2D eigenvalue weighted by Crippen LogP contribution is -2.29. The van der Waals surface area contributed by atoms with Crippen molar-refractivity contribution in [2.45, 2.75) is 32.0 Å². The van der Waals surface area contributed by atoms with Crippen LogP contribution in [-0.4, -0.2) is 52.8 Å². The zero-order chi connectivity index (χ0) is 21.7. The van der Waals surface area contributed by atoms with Crippen LogP contribution in [0, 0.1) is 0 Å². The van der Waals surface area contributed by atoms with Crippen molar-refractivity contribution in [1.29, 1.82) is 0 Å². The van der Waals surface area contributed by atoms with Gasteiger partial charge in [0, 0.05) is 5.70 Å². The number of anilines is 1. The summed E-state index contributed by atoms with van der Waals surface area (Å²) >= 11 is 1.16. The maximum atomic E-state index is 12.8. The summed E-state index contributed by atoms with van der Waals surface area (Å²) in [6.07, 6.45) is 0. The first-order valence-corrected chi connectivity index (χ1v) is 10.5. The molecule has 1 atom stereocenters. The Morgan fingerprint density at radius 1 is 1.20 bits per heavy atom.